The zero-order chi connectivity index (χ0) is 21.1. The Kier molecular flexibility index (Phi) is 6.58. The lowest BCUT2D eigenvalue weighted by Gasteiger charge is -2.21. The lowest BCUT2D eigenvalue weighted by atomic mass is 10.1. The average molecular weight is 404 g/mol. The molecule has 0 aliphatic rings. The summed E-state index contributed by atoms with van der Waals surface area (Å²) in [5.41, 5.74) is 2.16. The van der Waals surface area contributed by atoms with E-state index in [0.29, 0.717) is 16.8 Å². The van der Waals surface area contributed by atoms with Crippen LogP contribution in [0.3, 0.4) is 0 Å². The third-order valence-electron chi connectivity index (χ3n) is 4.48. The lowest BCUT2D eigenvalue weighted by Crippen LogP contribution is -2.33. The van der Waals surface area contributed by atoms with Gasteiger partial charge in [-0.05, 0) is 68.8 Å². The van der Waals surface area contributed by atoms with Crippen molar-refractivity contribution in [3.05, 3.63) is 59.2 Å². The summed E-state index contributed by atoms with van der Waals surface area (Å²) in [7, 11) is -0.527. The monoisotopic (exact) mass is 403 g/mol. The van der Waals surface area contributed by atoms with Crippen molar-refractivity contribution in [1.29, 1.82) is 0 Å². The number of nitrogens with zero attached hydrogens (tertiary/aromatic N) is 1. The number of hydrogen-bond acceptors (Lipinski definition) is 4. The van der Waals surface area contributed by atoms with Crippen molar-refractivity contribution in [1.82, 2.24) is 9.62 Å². The molecule has 7 nitrogen and oxygen atoms in total. The smallest absolute Gasteiger partial charge is 0.255 e. The lowest BCUT2D eigenvalue weighted by molar-refractivity contribution is 0.0962. The fourth-order valence-electron chi connectivity index (χ4n) is 2.51. The van der Waals surface area contributed by atoms with E-state index in [4.69, 9.17) is 0 Å². The van der Waals surface area contributed by atoms with Crippen LogP contribution in [-0.4, -0.2) is 44.7 Å². The molecule has 0 saturated carbocycles. The minimum absolute atomic E-state index is 0.131. The number of benzene rings is 2. The zero-order valence-corrected chi connectivity index (χ0v) is 17.4. The van der Waals surface area contributed by atoms with Crippen molar-refractivity contribution in [3.63, 3.8) is 0 Å². The second-order valence-electron chi connectivity index (χ2n) is 6.70. The van der Waals surface area contributed by atoms with Gasteiger partial charge in [-0.3, -0.25) is 9.59 Å². The Hall–Kier alpha value is -2.71. The summed E-state index contributed by atoms with van der Waals surface area (Å²) in [6, 6.07) is 10.6. The highest BCUT2D eigenvalue weighted by molar-refractivity contribution is 7.89. The van der Waals surface area contributed by atoms with Gasteiger partial charge in [0, 0.05) is 37.0 Å². The summed E-state index contributed by atoms with van der Waals surface area (Å²) in [5.74, 6) is -0.568. The Morgan fingerprint density at radius 3 is 2.04 bits per heavy atom. The molecule has 8 heteroatoms. The average Bonchev–Trinajstić information content (AvgIpc) is 2.68. The topological polar surface area (TPSA) is 95.6 Å². The molecule has 0 atom stereocenters. The fourth-order valence-corrected chi connectivity index (χ4v) is 3.87. The molecule has 2 rings (SSSR count). The maximum atomic E-state index is 12.5. The number of nitrogens with one attached hydrogen (secondary N) is 2. The van der Waals surface area contributed by atoms with Crippen molar-refractivity contribution in [3.8, 4) is 0 Å². The molecule has 0 aliphatic heterocycles. The molecule has 28 heavy (non-hydrogen) atoms. The fraction of sp³-hybridized carbons (Fsp3) is 0.300. The third kappa shape index (κ3) is 4.58. The highest BCUT2D eigenvalue weighted by Gasteiger charge is 2.23. The van der Waals surface area contributed by atoms with Gasteiger partial charge in [0.25, 0.3) is 11.8 Å². The van der Waals surface area contributed by atoms with Crippen LogP contribution in [0.15, 0.2) is 47.4 Å². The van der Waals surface area contributed by atoms with E-state index in [9.17, 15) is 18.0 Å². The van der Waals surface area contributed by atoms with Crippen LogP contribution in [-0.2, 0) is 10.0 Å². The predicted octanol–water partition coefficient (Wildman–Crippen LogP) is 2.64. The first-order valence-corrected chi connectivity index (χ1v) is 10.2. The molecule has 2 aromatic rings. The largest absolute Gasteiger partial charge is 0.355 e. The van der Waals surface area contributed by atoms with Gasteiger partial charge in [-0.25, -0.2) is 8.42 Å². The van der Waals surface area contributed by atoms with Gasteiger partial charge in [0.15, 0.2) is 0 Å². The molecule has 2 amide bonds. The number of rotatable bonds is 6. The van der Waals surface area contributed by atoms with Gasteiger partial charge < -0.3 is 10.6 Å². The van der Waals surface area contributed by atoms with E-state index >= 15 is 0 Å². The van der Waals surface area contributed by atoms with Gasteiger partial charge in [-0.2, -0.15) is 4.31 Å². The molecule has 0 aliphatic carbocycles. The summed E-state index contributed by atoms with van der Waals surface area (Å²) < 4.78 is 26.3. The second-order valence-corrected chi connectivity index (χ2v) is 8.70. The van der Waals surface area contributed by atoms with Gasteiger partial charge in [-0.15, -0.1) is 0 Å². The summed E-state index contributed by atoms with van der Waals surface area (Å²) >= 11 is 0. The number of hydrogen-bond donors (Lipinski definition) is 2. The van der Waals surface area contributed by atoms with Gasteiger partial charge in [0.1, 0.15) is 0 Å². The van der Waals surface area contributed by atoms with Crippen molar-refractivity contribution in [2.45, 2.75) is 31.7 Å². The van der Waals surface area contributed by atoms with E-state index in [1.807, 2.05) is 0 Å². The van der Waals surface area contributed by atoms with Gasteiger partial charge in [-0.1, -0.05) is 0 Å². The number of sulfonamides is 1. The van der Waals surface area contributed by atoms with E-state index in [-0.39, 0.29) is 22.8 Å². The Balaban J connectivity index is 2.19. The number of carbonyl (C=O) groups excluding carboxylic acids is 2. The number of anilines is 1. The SMILES string of the molecule is CNC(=O)c1ccc(NC(=O)c2ccc(S(=O)(=O)N(C)C(C)C)cc2)c(C)c1. The molecule has 0 bridgehead atoms. The van der Waals surface area contributed by atoms with Crippen LogP contribution in [0.25, 0.3) is 0 Å². The Morgan fingerprint density at radius 1 is 0.964 bits per heavy atom. The van der Waals surface area contributed by atoms with Gasteiger partial charge >= 0.3 is 0 Å². The van der Waals surface area contributed by atoms with E-state index in [0.717, 1.165) is 5.56 Å². The van der Waals surface area contributed by atoms with E-state index in [1.54, 1.807) is 46.0 Å². The quantitative estimate of drug-likeness (QED) is 0.775. The van der Waals surface area contributed by atoms with Crippen LogP contribution < -0.4 is 10.6 Å². The van der Waals surface area contributed by atoms with Gasteiger partial charge in [0.05, 0.1) is 4.90 Å². The molecular weight excluding hydrogens is 378 g/mol. The Morgan fingerprint density at radius 2 is 1.54 bits per heavy atom. The van der Waals surface area contributed by atoms with Crippen LogP contribution in [0.2, 0.25) is 0 Å². The van der Waals surface area contributed by atoms with Crippen LogP contribution in [0.5, 0.6) is 0 Å². The molecule has 0 aromatic heterocycles. The third-order valence-corrected chi connectivity index (χ3v) is 6.53. The summed E-state index contributed by atoms with van der Waals surface area (Å²) in [6.07, 6.45) is 0. The van der Waals surface area contributed by atoms with E-state index < -0.39 is 10.0 Å². The Bertz CT molecular complexity index is 983. The van der Waals surface area contributed by atoms with Crippen LogP contribution in [0, 0.1) is 6.92 Å². The minimum Gasteiger partial charge on any atom is -0.355 e. The van der Waals surface area contributed by atoms with Crippen LogP contribution in [0.4, 0.5) is 5.69 Å². The van der Waals surface area contributed by atoms with Gasteiger partial charge in [0.2, 0.25) is 10.0 Å². The zero-order valence-electron chi connectivity index (χ0n) is 16.6. The molecule has 0 radical (unpaired) electrons. The molecule has 150 valence electrons. The number of amides is 2. The molecule has 2 N–H and O–H groups in total. The Labute approximate surface area is 165 Å². The first-order valence-electron chi connectivity index (χ1n) is 8.80. The highest BCUT2D eigenvalue weighted by Crippen LogP contribution is 2.20. The number of carbonyl (C=O) groups is 2. The maximum Gasteiger partial charge on any atom is 0.255 e. The maximum absolute atomic E-state index is 12.5. The normalized spacial score (nSPS) is 11.5. The van der Waals surface area contributed by atoms with Crippen molar-refractivity contribution < 1.29 is 18.0 Å². The summed E-state index contributed by atoms with van der Waals surface area (Å²) in [6.45, 7) is 5.37. The molecule has 0 heterocycles. The standard InChI is InChI=1S/C20H25N3O4S/c1-13(2)23(5)28(26,27)17-9-6-15(7-10-17)20(25)22-18-11-8-16(12-14(18)3)19(24)21-4/h6-13H,1-5H3,(H,21,24)(H,22,25). The number of aryl methyl sites for hydroxylation is 1. The summed E-state index contributed by atoms with van der Waals surface area (Å²) in [4.78, 5) is 24.3. The van der Waals surface area contributed by atoms with Crippen molar-refractivity contribution in [2.75, 3.05) is 19.4 Å². The highest BCUT2D eigenvalue weighted by atomic mass is 32.2. The van der Waals surface area contributed by atoms with Crippen LogP contribution in [0.1, 0.15) is 40.1 Å². The summed E-state index contributed by atoms with van der Waals surface area (Å²) in [5, 5.41) is 5.33. The molecule has 0 spiro atoms. The molecule has 2 aromatic carbocycles. The molecule has 0 saturated heterocycles. The first kappa shape index (κ1) is 21.6. The van der Waals surface area contributed by atoms with Crippen LogP contribution >= 0.6 is 0 Å². The second kappa shape index (κ2) is 8.53. The molecular formula is C20H25N3O4S. The molecule has 0 unspecified atom stereocenters. The predicted molar refractivity (Wildman–Crippen MR) is 109 cm³/mol. The minimum atomic E-state index is -3.60. The molecule has 0 fully saturated rings. The van der Waals surface area contributed by atoms with Crippen molar-refractivity contribution >= 4 is 27.5 Å². The van der Waals surface area contributed by atoms with E-state index in [1.165, 1.54) is 35.6 Å². The van der Waals surface area contributed by atoms with Crippen molar-refractivity contribution in [2.24, 2.45) is 0 Å². The van der Waals surface area contributed by atoms with E-state index in [2.05, 4.69) is 10.6 Å². The first-order chi connectivity index (χ1) is 13.1.